The van der Waals surface area contributed by atoms with Gasteiger partial charge in [-0.15, -0.1) is 0 Å². The summed E-state index contributed by atoms with van der Waals surface area (Å²) < 4.78 is 6.04. The van der Waals surface area contributed by atoms with Crippen LogP contribution in [0.3, 0.4) is 0 Å². The molecule has 1 saturated carbocycles. The first-order valence-corrected chi connectivity index (χ1v) is 11.8. The van der Waals surface area contributed by atoms with Gasteiger partial charge in [-0.2, -0.15) is 0 Å². The highest BCUT2D eigenvalue weighted by atomic mass is 16.5. The third-order valence-electron chi connectivity index (χ3n) is 7.04. The average Bonchev–Trinajstić information content (AvgIpc) is 3.14. The van der Waals surface area contributed by atoms with Crippen molar-refractivity contribution in [1.29, 1.82) is 0 Å². The van der Waals surface area contributed by atoms with Crippen molar-refractivity contribution >= 4 is 0 Å². The molecule has 4 rings (SSSR count). The van der Waals surface area contributed by atoms with Crippen LogP contribution in [0.2, 0.25) is 0 Å². The van der Waals surface area contributed by atoms with Gasteiger partial charge in [0.15, 0.2) is 0 Å². The number of hydrogen-bond donors (Lipinski definition) is 0. The predicted molar refractivity (Wildman–Crippen MR) is 116 cm³/mol. The molecule has 3 fully saturated rings. The fourth-order valence-electron chi connectivity index (χ4n) is 5.42. The smallest absolute Gasteiger partial charge is 0.0500 e. The van der Waals surface area contributed by atoms with E-state index in [0.717, 1.165) is 43.4 Å². The van der Waals surface area contributed by atoms with E-state index < -0.39 is 0 Å². The van der Waals surface area contributed by atoms with Crippen LogP contribution in [0, 0.1) is 23.7 Å². The molecular weight excluding hydrogens is 344 g/mol. The van der Waals surface area contributed by atoms with E-state index >= 15 is 0 Å². The van der Waals surface area contributed by atoms with Crippen LogP contribution in [-0.4, -0.2) is 55.7 Å². The molecule has 0 aromatic heterocycles. The van der Waals surface area contributed by atoms with Gasteiger partial charge < -0.3 is 9.64 Å². The van der Waals surface area contributed by atoms with Crippen molar-refractivity contribution in [3.63, 3.8) is 0 Å². The molecule has 28 heavy (non-hydrogen) atoms. The van der Waals surface area contributed by atoms with E-state index in [-0.39, 0.29) is 0 Å². The standard InChI is InChI=1S/C25H40N2O/c1-20(2)15-21-7-9-22(10-8-21)16-27-17-23-24(18-27)25(23)19-28-14-6-13-26-11-4-3-5-12-26/h7-10,20,23-25H,3-6,11-19H2,1-2H3. The zero-order valence-electron chi connectivity index (χ0n) is 18.1. The van der Waals surface area contributed by atoms with Gasteiger partial charge in [-0.1, -0.05) is 44.5 Å². The quantitative estimate of drug-likeness (QED) is 0.554. The fourth-order valence-corrected chi connectivity index (χ4v) is 5.42. The molecular formula is C25H40N2O. The normalized spacial score (nSPS) is 28.0. The number of piperidine rings is 2. The summed E-state index contributed by atoms with van der Waals surface area (Å²) >= 11 is 0. The zero-order valence-corrected chi connectivity index (χ0v) is 18.1. The molecule has 2 saturated heterocycles. The minimum atomic E-state index is 0.737. The summed E-state index contributed by atoms with van der Waals surface area (Å²) in [6.07, 6.45) is 6.61. The molecule has 0 radical (unpaired) electrons. The Morgan fingerprint density at radius 2 is 1.61 bits per heavy atom. The van der Waals surface area contributed by atoms with Gasteiger partial charge in [0.25, 0.3) is 0 Å². The predicted octanol–water partition coefficient (Wildman–Crippen LogP) is 4.46. The van der Waals surface area contributed by atoms with Gasteiger partial charge in [0.2, 0.25) is 0 Å². The molecule has 3 heteroatoms. The van der Waals surface area contributed by atoms with Crippen LogP contribution in [0.15, 0.2) is 24.3 Å². The van der Waals surface area contributed by atoms with Gasteiger partial charge in [-0.25, -0.2) is 0 Å². The van der Waals surface area contributed by atoms with Crippen molar-refractivity contribution in [2.24, 2.45) is 23.7 Å². The number of likely N-dealkylation sites (tertiary alicyclic amines) is 2. The van der Waals surface area contributed by atoms with Gasteiger partial charge in [-0.05, 0) is 73.6 Å². The van der Waals surface area contributed by atoms with Crippen LogP contribution in [0.25, 0.3) is 0 Å². The highest BCUT2D eigenvalue weighted by Gasteiger charge is 2.55. The summed E-state index contributed by atoms with van der Waals surface area (Å²) in [6.45, 7) is 14.1. The number of rotatable bonds is 10. The minimum absolute atomic E-state index is 0.737. The summed E-state index contributed by atoms with van der Waals surface area (Å²) in [5, 5.41) is 0. The molecule has 3 aliphatic rings. The molecule has 1 aromatic carbocycles. The zero-order chi connectivity index (χ0) is 19.3. The Balaban J connectivity index is 1.08. The largest absolute Gasteiger partial charge is 0.381 e. The average molecular weight is 385 g/mol. The van der Waals surface area contributed by atoms with Crippen LogP contribution in [0.1, 0.15) is 50.7 Å². The molecule has 2 heterocycles. The second kappa shape index (κ2) is 9.73. The summed E-state index contributed by atoms with van der Waals surface area (Å²) in [4.78, 5) is 5.27. The second-order valence-corrected chi connectivity index (χ2v) is 9.93. The molecule has 0 spiro atoms. The molecule has 156 valence electrons. The first-order valence-electron chi connectivity index (χ1n) is 11.8. The van der Waals surface area contributed by atoms with Crippen molar-refractivity contribution in [2.45, 2.75) is 52.5 Å². The van der Waals surface area contributed by atoms with Gasteiger partial charge in [0.1, 0.15) is 0 Å². The first kappa shape index (κ1) is 20.4. The highest BCUT2D eigenvalue weighted by Crippen LogP contribution is 2.52. The van der Waals surface area contributed by atoms with Crippen LogP contribution in [-0.2, 0) is 17.7 Å². The lowest BCUT2D eigenvalue weighted by Gasteiger charge is -2.26. The molecule has 3 nitrogen and oxygen atoms in total. The second-order valence-electron chi connectivity index (χ2n) is 9.93. The summed E-state index contributed by atoms with van der Waals surface area (Å²) in [7, 11) is 0. The van der Waals surface area contributed by atoms with Gasteiger partial charge in [0, 0.05) is 32.8 Å². The van der Waals surface area contributed by atoms with E-state index in [2.05, 4.69) is 47.9 Å². The van der Waals surface area contributed by atoms with Crippen molar-refractivity contribution in [1.82, 2.24) is 9.80 Å². The van der Waals surface area contributed by atoms with Gasteiger partial charge in [0.05, 0.1) is 6.61 Å². The maximum absolute atomic E-state index is 6.04. The van der Waals surface area contributed by atoms with Crippen LogP contribution in [0.4, 0.5) is 0 Å². The fraction of sp³-hybridized carbons (Fsp3) is 0.760. The molecule has 2 aliphatic heterocycles. The third kappa shape index (κ3) is 5.58. The maximum atomic E-state index is 6.04. The van der Waals surface area contributed by atoms with E-state index in [1.165, 1.54) is 76.0 Å². The summed E-state index contributed by atoms with van der Waals surface area (Å²) in [5.74, 6) is 3.39. The Morgan fingerprint density at radius 1 is 0.929 bits per heavy atom. The van der Waals surface area contributed by atoms with Crippen molar-refractivity contribution < 1.29 is 4.74 Å². The molecule has 1 aliphatic carbocycles. The number of hydrogen-bond acceptors (Lipinski definition) is 3. The lowest BCUT2D eigenvalue weighted by atomic mass is 10.0. The monoisotopic (exact) mass is 384 g/mol. The Bertz CT molecular complexity index is 581. The van der Waals surface area contributed by atoms with Crippen molar-refractivity contribution in [3.8, 4) is 0 Å². The molecule has 1 aromatic rings. The Kier molecular flexibility index (Phi) is 7.08. The van der Waals surface area contributed by atoms with E-state index in [0.29, 0.717) is 0 Å². The Morgan fingerprint density at radius 3 is 2.29 bits per heavy atom. The molecule has 0 bridgehead atoms. The highest BCUT2D eigenvalue weighted by molar-refractivity contribution is 5.23. The van der Waals surface area contributed by atoms with Gasteiger partial charge in [-0.3, -0.25) is 4.90 Å². The number of nitrogens with zero attached hydrogens (tertiary/aromatic N) is 2. The van der Waals surface area contributed by atoms with Crippen LogP contribution < -0.4 is 0 Å². The molecule has 2 unspecified atom stereocenters. The molecule has 0 N–H and O–H groups in total. The Hall–Kier alpha value is -0.900. The summed E-state index contributed by atoms with van der Waals surface area (Å²) in [6, 6.07) is 9.33. The lowest BCUT2D eigenvalue weighted by molar-refractivity contribution is 0.0967. The van der Waals surface area contributed by atoms with Crippen LogP contribution >= 0.6 is 0 Å². The van der Waals surface area contributed by atoms with E-state index in [4.69, 9.17) is 4.74 Å². The van der Waals surface area contributed by atoms with Crippen molar-refractivity contribution in [3.05, 3.63) is 35.4 Å². The van der Waals surface area contributed by atoms with E-state index in [1.807, 2.05) is 0 Å². The van der Waals surface area contributed by atoms with Gasteiger partial charge >= 0.3 is 0 Å². The third-order valence-corrected chi connectivity index (χ3v) is 7.04. The number of benzene rings is 1. The van der Waals surface area contributed by atoms with E-state index in [1.54, 1.807) is 0 Å². The number of ether oxygens (including phenoxy) is 1. The number of fused-ring (bicyclic) bond motifs is 1. The maximum Gasteiger partial charge on any atom is 0.0500 e. The minimum Gasteiger partial charge on any atom is -0.381 e. The Labute approximate surface area is 172 Å². The first-order chi connectivity index (χ1) is 13.7. The van der Waals surface area contributed by atoms with E-state index in [9.17, 15) is 0 Å². The molecule has 2 atom stereocenters. The SMILES string of the molecule is CC(C)Cc1ccc(CN2CC3C(COCCCN4CCCCC4)C3C2)cc1. The van der Waals surface area contributed by atoms with Crippen LogP contribution in [0.5, 0.6) is 0 Å². The topological polar surface area (TPSA) is 15.7 Å². The van der Waals surface area contributed by atoms with Crippen molar-refractivity contribution in [2.75, 3.05) is 45.9 Å². The summed E-state index contributed by atoms with van der Waals surface area (Å²) in [5.41, 5.74) is 2.94. The lowest BCUT2D eigenvalue weighted by Crippen LogP contribution is -2.31. The molecule has 0 amide bonds.